The Hall–Kier alpha value is -3.40. The predicted molar refractivity (Wildman–Crippen MR) is 99.2 cm³/mol. The van der Waals surface area contributed by atoms with Crippen LogP contribution in [-0.4, -0.2) is 18.4 Å². The molecule has 0 aliphatic carbocycles. The number of rotatable bonds is 5. The number of Topliss-reactive ketones (excluding diaryl/α,β-unsaturated/α-hetero) is 1. The second-order valence-corrected chi connectivity index (χ2v) is 6.05. The Labute approximate surface area is 150 Å². The van der Waals surface area contributed by atoms with Gasteiger partial charge in [-0.15, -0.1) is 0 Å². The summed E-state index contributed by atoms with van der Waals surface area (Å²) >= 11 is 0. The molecule has 0 unspecified atom stereocenters. The van der Waals surface area contributed by atoms with Crippen LogP contribution in [0.5, 0.6) is 0 Å². The molecule has 4 heteroatoms. The lowest BCUT2D eigenvalue weighted by Gasteiger charge is -2.05. The van der Waals surface area contributed by atoms with E-state index < -0.39 is 5.97 Å². The first-order chi connectivity index (χ1) is 12.7. The topological polar surface area (TPSA) is 56.5 Å². The fraction of sp³-hybridized carbons (Fsp3) is 0.0909. The number of furan rings is 1. The van der Waals surface area contributed by atoms with Crippen LogP contribution in [0.25, 0.3) is 21.7 Å². The summed E-state index contributed by atoms with van der Waals surface area (Å²) in [6.07, 6.45) is 1.64. The van der Waals surface area contributed by atoms with Crippen LogP contribution in [0.15, 0.2) is 77.4 Å². The van der Waals surface area contributed by atoms with Gasteiger partial charge in [0.1, 0.15) is 5.58 Å². The molecule has 1 heterocycles. The second-order valence-electron chi connectivity index (χ2n) is 6.05. The van der Waals surface area contributed by atoms with E-state index in [-0.39, 0.29) is 18.8 Å². The lowest BCUT2D eigenvalue weighted by atomic mass is 10.0. The highest BCUT2D eigenvalue weighted by Crippen LogP contribution is 2.30. The number of ketones is 1. The molecule has 0 fully saturated rings. The molecule has 4 nitrogen and oxygen atoms in total. The van der Waals surface area contributed by atoms with Gasteiger partial charge in [0.05, 0.1) is 12.7 Å². The maximum Gasteiger partial charge on any atom is 0.310 e. The van der Waals surface area contributed by atoms with Crippen LogP contribution in [0.1, 0.15) is 15.9 Å². The Morgan fingerprint density at radius 3 is 2.50 bits per heavy atom. The standard InChI is InChI=1S/C22H16O4/c23-19(16-7-2-1-3-8-16)14-26-21(24)12-17-13-25-20-11-10-15-6-4-5-9-18(15)22(17)20/h1-11,13H,12,14H2. The molecule has 4 aromatic rings. The van der Waals surface area contributed by atoms with Crippen molar-refractivity contribution in [3.63, 3.8) is 0 Å². The SMILES string of the molecule is O=C(Cc1coc2ccc3ccccc3c12)OCC(=O)c1ccccc1. The van der Waals surface area contributed by atoms with Crippen molar-refractivity contribution in [2.75, 3.05) is 6.61 Å². The van der Waals surface area contributed by atoms with Crippen molar-refractivity contribution in [2.45, 2.75) is 6.42 Å². The van der Waals surface area contributed by atoms with Crippen molar-refractivity contribution < 1.29 is 18.7 Å². The molecule has 26 heavy (non-hydrogen) atoms. The molecule has 128 valence electrons. The maximum atomic E-state index is 12.2. The van der Waals surface area contributed by atoms with E-state index >= 15 is 0 Å². The van der Waals surface area contributed by atoms with Crippen molar-refractivity contribution in [1.29, 1.82) is 0 Å². The first-order valence-corrected chi connectivity index (χ1v) is 8.34. The van der Waals surface area contributed by atoms with Crippen molar-refractivity contribution in [3.05, 3.63) is 84.1 Å². The van der Waals surface area contributed by atoms with Gasteiger partial charge in [0.2, 0.25) is 0 Å². The number of carbonyl (C=O) groups excluding carboxylic acids is 2. The molecular weight excluding hydrogens is 328 g/mol. The fourth-order valence-electron chi connectivity index (χ4n) is 3.06. The molecule has 0 atom stereocenters. The van der Waals surface area contributed by atoms with Crippen molar-refractivity contribution in [2.24, 2.45) is 0 Å². The van der Waals surface area contributed by atoms with Crippen LogP contribution in [0, 0.1) is 0 Å². The molecule has 0 saturated heterocycles. The highest BCUT2D eigenvalue weighted by Gasteiger charge is 2.15. The van der Waals surface area contributed by atoms with Gasteiger partial charge >= 0.3 is 5.97 Å². The molecule has 0 amide bonds. The molecular formula is C22H16O4. The lowest BCUT2D eigenvalue weighted by molar-refractivity contribution is -0.141. The third kappa shape index (κ3) is 3.09. The van der Waals surface area contributed by atoms with Crippen LogP contribution in [0.4, 0.5) is 0 Å². The average molecular weight is 344 g/mol. The molecule has 0 aliphatic rings. The first kappa shape index (κ1) is 16.1. The number of fused-ring (bicyclic) bond motifs is 3. The minimum absolute atomic E-state index is 0.0586. The van der Waals surface area contributed by atoms with Crippen molar-refractivity contribution >= 4 is 33.5 Å². The monoisotopic (exact) mass is 344 g/mol. The fourth-order valence-corrected chi connectivity index (χ4v) is 3.06. The summed E-state index contributed by atoms with van der Waals surface area (Å²) in [7, 11) is 0. The number of carbonyl (C=O) groups is 2. The molecule has 0 radical (unpaired) electrons. The van der Waals surface area contributed by atoms with Gasteiger partial charge in [-0.05, 0) is 16.8 Å². The summed E-state index contributed by atoms with van der Waals surface area (Å²) in [6, 6.07) is 20.6. The third-order valence-corrected chi connectivity index (χ3v) is 4.33. The van der Waals surface area contributed by atoms with Gasteiger partial charge in [-0.2, -0.15) is 0 Å². The average Bonchev–Trinajstić information content (AvgIpc) is 3.10. The molecule has 0 bridgehead atoms. The van der Waals surface area contributed by atoms with Gasteiger partial charge in [-0.25, -0.2) is 0 Å². The number of benzene rings is 3. The molecule has 3 aromatic carbocycles. The Balaban J connectivity index is 1.51. The van der Waals surface area contributed by atoms with E-state index in [9.17, 15) is 9.59 Å². The highest BCUT2D eigenvalue weighted by molar-refractivity contribution is 6.08. The Kier molecular flexibility index (Phi) is 4.23. The molecule has 1 aromatic heterocycles. The van der Waals surface area contributed by atoms with Crippen LogP contribution >= 0.6 is 0 Å². The molecule has 0 N–H and O–H groups in total. The Morgan fingerprint density at radius 1 is 0.885 bits per heavy atom. The largest absolute Gasteiger partial charge is 0.464 e. The van der Waals surface area contributed by atoms with Crippen LogP contribution in [-0.2, 0) is 16.0 Å². The number of hydrogen-bond donors (Lipinski definition) is 0. The van der Waals surface area contributed by atoms with Gasteiger partial charge in [-0.1, -0.05) is 60.7 Å². The normalized spacial score (nSPS) is 10.9. The molecule has 0 aliphatic heterocycles. The van der Waals surface area contributed by atoms with Crippen molar-refractivity contribution in [3.8, 4) is 0 Å². The quantitative estimate of drug-likeness (QED) is 0.393. The van der Waals surface area contributed by atoms with Gasteiger partial charge in [0.15, 0.2) is 12.4 Å². The van der Waals surface area contributed by atoms with Crippen LogP contribution < -0.4 is 0 Å². The van der Waals surface area contributed by atoms with E-state index in [0.717, 1.165) is 27.3 Å². The zero-order chi connectivity index (χ0) is 17.9. The van der Waals surface area contributed by atoms with Crippen LogP contribution in [0.3, 0.4) is 0 Å². The summed E-state index contributed by atoms with van der Waals surface area (Å²) in [5.74, 6) is -0.675. The first-order valence-electron chi connectivity index (χ1n) is 8.34. The summed E-state index contributed by atoms with van der Waals surface area (Å²) < 4.78 is 10.7. The minimum atomic E-state index is -0.454. The van der Waals surface area contributed by atoms with Crippen molar-refractivity contribution in [1.82, 2.24) is 0 Å². The van der Waals surface area contributed by atoms with Gasteiger partial charge in [-0.3, -0.25) is 9.59 Å². The Bertz CT molecular complexity index is 1090. The van der Waals surface area contributed by atoms with Crippen LogP contribution in [0.2, 0.25) is 0 Å². The minimum Gasteiger partial charge on any atom is -0.464 e. The van der Waals surface area contributed by atoms with Gasteiger partial charge in [0, 0.05) is 16.5 Å². The molecule has 0 saturated carbocycles. The van der Waals surface area contributed by atoms with E-state index in [0.29, 0.717) is 5.56 Å². The summed E-state index contributed by atoms with van der Waals surface area (Å²) in [6.45, 7) is -0.265. The zero-order valence-corrected chi connectivity index (χ0v) is 14.0. The smallest absolute Gasteiger partial charge is 0.310 e. The van der Waals surface area contributed by atoms with Gasteiger partial charge in [0.25, 0.3) is 0 Å². The number of ether oxygens (including phenoxy) is 1. The number of esters is 1. The van der Waals surface area contributed by atoms with E-state index in [1.807, 2.05) is 42.5 Å². The van der Waals surface area contributed by atoms with E-state index in [1.54, 1.807) is 30.5 Å². The zero-order valence-electron chi connectivity index (χ0n) is 14.0. The summed E-state index contributed by atoms with van der Waals surface area (Å²) in [5, 5.41) is 3.02. The summed E-state index contributed by atoms with van der Waals surface area (Å²) in [5.41, 5.74) is 2.01. The van der Waals surface area contributed by atoms with E-state index in [2.05, 4.69) is 0 Å². The number of hydrogen-bond acceptors (Lipinski definition) is 4. The Morgan fingerprint density at radius 2 is 1.65 bits per heavy atom. The lowest BCUT2D eigenvalue weighted by Crippen LogP contribution is -2.15. The second kappa shape index (κ2) is 6.84. The predicted octanol–water partition coefficient (Wildman–Crippen LogP) is 4.55. The highest BCUT2D eigenvalue weighted by atomic mass is 16.5. The van der Waals surface area contributed by atoms with E-state index in [4.69, 9.17) is 9.15 Å². The third-order valence-electron chi connectivity index (χ3n) is 4.33. The maximum absolute atomic E-state index is 12.2. The van der Waals surface area contributed by atoms with Gasteiger partial charge < -0.3 is 9.15 Å². The summed E-state index contributed by atoms with van der Waals surface area (Å²) in [4.78, 5) is 24.3. The van der Waals surface area contributed by atoms with E-state index in [1.165, 1.54) is 0 Å². The molecule has 0 spiro atoms. The molecule has 4 rings (SSSR count).